The van der Waals surface area contributed by atoms with Crippen molar-refractivity contribution in [2.45, 2.75) is 25.7 Å². The molecule has 0 aliphatic carbocycles. The summed E-state index contributed by atoms with van der Waals surface area (Å²) >= 11 is 0. The Labute approximate surface area is 70.6 Å². The van der Waals surface area contributed by atoms with Gasteiger partial charge in [0.2, 0.25) is 5.91 Å². The van der Waals surface area contributed by atoms with E-state index < -0.39 is 0 Å². The average Bonchev–Trinajstić information content (AvgIpc) is 2.22. The van der Waals surface area contributed by atoms with Crippen LogP contribution < -0.4 is 5.50 Å². The molecule has 1 atom stereocenters. The molecular weight excluding hydrogens is 159 g/mol. The second-order valence-corrected chi connectivity index (χ2v) is 2.63. The third-order valence-corrected chi connectivity index (χ3v) is 1.81. The van der Waals surface area contributed by atoms with Gasteiger partial charge in [0.15, 0.2) is 0 Å². The van der Waals surface area contributed by atoms with Crippen molar-refractivity contribution < 1.29 is 4.79 Å². The molecule has 3 nitrogen and oxygen atoms in total. The van der Waals surface area contributed by atoms with Crippen LogP contribution in [0.3, 0.4) is 0 Å². The van der Waals surface area contributed by atoms with Gasteiger partial charge in [-0.3, -0.25) is 4.79 Å². The summed E-state index contributed by atoms with van der Waals surface area (Å²) in [6, 6.07) is 0. The summed E-state index contributed by atoms with van der Waals surface area (Å²) in [4.78, 5) is 12.8. The van der Waals surface area contributed by atoms with Gasteiger partial charge >= 0.3 is 0 Å². The highest BCUT2D eigenvalue weighted by Gasteiger charge is 2.10. The maximum Gasteiger partial charge on any atom is 0.222 e. The SMILES string of the molecule is CN1CCCCCC1=O.NP. The van der Waals surface area contributed by atoms with Crippen LogP contribution in [0.4, 0.5) is 0 Å². The van der Waals surface area contributed by atoms with Crippen LogP contribution in [0.1, 0.15) is 25.7 Å². The van der Waals surface area contributed by atoms with Crippen LogP contribution in [-0.4, -0.2) is 24.4 Å². The molecule has 1 unspecified atom stereocenters. The summed E-state index contributed by atoms with van der Waals surface area (Å²) in [5.74, 6) is 0.313. The molecule has 0 aromatic heterocycles. The standard InChI is InChI=1S/C7H13NO.H4NP/c1-8-6-4-2-3-5-7(8)9;1-2/h2-6H2,1H3;1-2H2. The molecule has 1 fully saturated rings. The normalized spacial score (nSPS) is 18.5. The molecule has 0 aromatic carbocycles. The summed E-state index contributed by atoms with van der Waals surface area (Å²) in [6.07, 6.45) is 4.25. The zero-order chi connectivity index (χ0) is 8.69. The number of amides is 1. The molecule has 1 saturated heterocycles. The summed E-state index contributed by atoms with van der Waals surface area (Å²) in [5.41, 5.74) is 4.42. The summed E-state index contributed by atoms with van der Waals surface area (Å²) < 4.78 is 0. The van der Waals surface area contributed by atoms with Crippen molar-refractivity contribution in [2.75, 3.05) is 13.6 Å². The van der Waals surface area contributed by atoms with E-state index in [4.69, 9.17) is 0 Å². The fourth-order valence-electron chi connectivity index (χ4n) is 1.12. The number of nitrogens with zero attached hydrogens (tertiary/aromatic N) is 1. The minimum Gasteiger partial charge on any atom is -0.346 e. The maximum absolute atomic E-state index is 10.9. The van der Waals surface area contributed by atoms with Crippen LogP contribution in [0.2, 0.25) is 0 Å². The zero-order valence-corrected chi connectivity index (χ0v) is 8.20. The summed E-state index contributed by atoms with van der Waals surface area (Å²) in [7, 11) is 3.80. The number of nitrogens with two attached hydrogens (primary N) is 1. The van der Waals surface area contributed by atoms with Gasteiger partial charge in [0.25, 0.3) is 0 Å². The van der Waals surface area contributed by atoms with Crippen molar-refractivity contribution in [3.05, 3.63) is 0 Å². The zero-order valence-electron chi connectivity index (χ0n) is 7.05. The van der Waals surface area contributed by atoms with Crippen LogP contribution >= 0.6 is 9.39 Å². The average molecular weight is 176 g/mol. The smallest absolute Gasteiger partial charge is 0.222 e. The van der Waals surface area contributed by atoms with Gasteiger partial charge in [-0.15, -0.1) is 0 Å². The molecule has 4 heteroatoms. The molecule has 0 radical (unpaired) electrons. The minimum atomic E-state index is 0.313. The van der Waals surface area contributed by atoms with Crippen molar-refractivity contribution in [3.63, 3.8) is 0 Å². The molecule has 0 bridgehead atoms. The van der Waals surface area contributed by atoms with E-state index in [1.165, 1.54) is 12.8 Å². The van der Waals surface area contributed by atoms with Crippen molar-refractivity contribution in [1.29, 1.82) is 0 Å². The Kier molecular flexibility index (Phi) is 6.48. The molecule has 1 aliphatic rings. The third kappa shape index (κ3) is 4.33. The van der Waals surface area contributed by atoms with Gasteiger partial charge in [0.05, 0.1) is 0 Å². The molecular formula is C7H17N2OP. The van der Waals surface area contributed by atoms with E-state index >= 15 is 0 Å². The van der Waals surface area contributed by atoms with Gasteiger partial charge in [-0.05, 0) is 12.8 Å². The van der Waals surface area contributed by atoms with Gasteiger partial charge in [-0.2, -0.15) is 0 Å². The van der Waals surface area contributed by atoms with Crippen molar-refractivity contribution in [1.82, 2.24) is 4.90 Å². The van der Waals surface area contributed by atoms with Crippen molar-refractivity contribution >= 4 is 15.3 Å². The van der Waals surface area contributed by atoms with Crippen LogP contribution in [0, 0.1) is 0 Å². The monoisotopic (exact) mass is 176 g/mol. The first-order chi connectivity index (χ1) is 5.30. The molecule has 1 rings (SSSR count). The maximum atomic E-state index is 10.9. The Morgan fingerprint density at radius 2 is 2.00 bits per heavy atom. The van der Waals surface area contributed by atoms with E-state index in [0.717, 1.165) is 19.4 Å². The van der Waals surface area contributed by atoms with Crippen LogP contribution in [0.15, 0.2) is 0 Å². The first-order valence-electron chi connectivity index (χ1n) is 3.88. The lowest BCUT2D eigenvalue weighted by Crippen LogP contribution is -2.25. The fourth-order valence-corrected chi connectivity index (χ4v) is 1.12. The molecule has 0 spiro atoms. The first kappa shape index (κ1) is 10.9. The highest BCUT2D eigenvalue weighted by molar-refractivity contribution is 7.13. The second-order valence-electron chi connectivity index (χ2n) is 2.63. The Morgan fingerprint density at radius 3 is 2.64 bits per heavy atom. The Morgan fingerprint density at radius 1 is 1.36 bits per heavy atom. The molecule has 1 amide bonds. The first-order valence-corrected chi connectivity index (χ1v) is 4.54. The highest BCUT2D eigenvalue weighted by atomic mass is 31.0. The number of hydrogen-bond donors (Lipinski definition) is 1. The topological polar surface area (TPSA) is 46.3 Å². The predicted molar refractivity (Wildman–Crippen MR) is 50.0 cm³/mol. The third-order valence-electron chi connectivity index (χ3n) is 1.81. The lowest BCUT2D eigenvalue weighted by Gasteiger charge is -2.11. The lowest BCUT2D eigenvalue weighted by molar-refractivity contribution is -0.129. The summed E-state index contributed by atoms with van der Waals surface area (Å²) in [6.45, 7) is 0.957. The van der Waals surface area contributed by atoms with Gasteiger partial charge < -0.3 is 10.4 Å². The largest absolute Gasteiger partial charge is 0.346 e. The van der Waals surface area contributed by atoms with Gasteiger partial charge in [0.1, 0.15) is 0 Å². The van der Waals surface area contributed by atoms with Gasteiger partial charge in [-0.1, -0.05) is 15.8 Å². The predicted octanol–water partition coefficient (Wildman–Crippen LogP) is 0.754. The number of hydrogen-bond acceptors (Lipinski definition) is 2. The highest BCUT2D eigenvalue weighted by Crippen LogP contribution is 2.08. The van der Waals surface area contributed by atoms with E-state index in [-0.39, 0.29) is 0 Å². The number of likely N-dealkylation sites (tertiary alicyclic amines) is 1. The van der Waals surface area contributed by atoms with E-state index in [2.05, 4.69) is 5.50 Å². The van der Waals surface area contributed by atoms with E-state index in [1.807, 2.05) is 21.3 Å². The van der Waals surface area contributed by atoms with Crippen molar-refractivity contribution in [3.8, 4) is 0 Å². The Hall–Kier alpha value is -0.140. The van der Waals surface area contributed by atoms with E-state index in [1.54, 1.807) is 0 Å². The number of rotatable bonds is 0. The molecule has 2 N–H and O–H groups in total. The van der Waals surface area contributed by atoms with E-state index in [0.29, 0.717) is 5.91 Å². The summed E-state index contributed by atoms with van der Waals surface area (Å²) in [5, 5.41) is 0. The number of carbonyl (C=O) groups is 1. The molecule has 0 aromatic rings. The molecule has 1 aliphatic heterocycles. The quantitative estimate of drug-likeness (QED) is 0.554. The minimum absolute atomic E-state index is 0.313. The molecule has 66 valence electrons. The van der Waals surface area contributed by atoms with Crippen LogP contribution in [0.5, 0.6) is 0 Å². The van der Waals surface area contributed by atoms with E-state index in [9.17, 15) is 4.79 Å². The molecule has 1 heterocycles. The second kappa shape index (κ2) is 6.56. The van der Waals surface area contributed by atoms with Gasteiger partial charge in [-0.25, -0.2) is 0 Å². The molecule has 0 saturated carbocycles. The Bertz CT molecular complexity index is 119. The lowest BCUT2D eigenvalue weighted by atomic mass is 10.2. The number of carbonyl (C=O) groups excluding carboxylic acids is 1. The van der Waals surface area contributed by atoms with Gasteiger partial charge in [0, 0.05) is 20.0 Å². The molecule has 11 heavy (non-hydrogen) atoms. The van der Waals surface area contributed by atoms with Crippen LogP contribution in [-0.2, 0) is 4.79 Å². The van der Waals surface area contributed by atoms with Crippen LogP contribution in [0.25, 0.3) is 0 Å². The Balaban J connectivity index is 0.000000461. The fraction of sp³-hybridized carbons (Fsp3) is 0.857. The van der Waals surface area contributed by atoms with Crippen molar-refractivity contribution in [2.24, 2.45) is 5.50 Å².